The minimum absolute atomic E-state index is 0.154. The van der Waals surface area contributed by atoms with Crippen LogP contribution in [0.3, 0.4) is 0 Å². The van der Waals surface area contributed by atoms with Gasteiger partial charge in [-0.25, -0.2) is 0 Å². The standard InChI is InChI=1S/C25H28/c1-16(2)21-8-6-7-18-10-11-19-15-20(25(3,4)5)13-17-9-12-22(21)24(18)23(19)14-17/h7-16,23H,6H2,1-5H3. The summed E-state index contributed by atoms with van der Waals surface area (Å²) < 4.78 is 0. The van der Waals surface area contributed by atoms with Crippen LogP contribution in [0.1, 0.15) is 41.0 Å². The molecule has 0 nitrogen and oxygen atoms in total. The molecule has 0 heteroatoms. The third-order valence-corrected chi connectivity index (χ3v) is 5.65. The highest BCUT2D eigenvalue weighted by Crippen LogP contribution is 2.46. The van der Waals surface area contributed by atoms with Crippen LogP contribution < -0.4 is 0 Å². The van der Waals surface area contributed by atoms with Gasteiger partial charge in [-0.2, -0.15) is 0 Å². The molecule has 0 radical (unpaired) electrons. The van der Waals surface area contributed by atoms with E-state index < -0.39 is 0 Å². The van der Waals surface area contributed by atoms with E-state index in [0.717, 1.165) is 6.42 Å². The van der Waals surface area contributed by atoms with Crippen molar-refractivity contribution in [1.82, 2.24) is 0 Å². The summed E-state index contributed by atoms with van der Waals surface area (Å²) in [5.74, 6) is 0.914. The van der Waals surface area contributed by atoms with E-state index in [0.29, 0.717) is 11.8 Å². The summed E-state index contributed by atoms with van der Waals surface area (Å²) in [6.07, 6.45) is 22.5. The topological polar surface area (TPSA) is 0 Å². The molecular formula is C25H28. The molecule has 4 aliphatic carbocycles. The zero-order valence-corrected chi connectivity index (χ0v) is 16.1. The molecule has 4 aliphatic rings. The summed E-state index contributed by atoms with van der Waals surface area (Å²) in [5, 5.41) is 0. The predicted octanol–water partition coefficient (Wildman–Crippen LogP) is 6.79. The van der Waals surface area contributed by atoms with Gasteiger partial charge in [-0.1, -0.05) is 89.3 Å². The number of allylic oxidation sites excluding steroid dienone is 16. The average Bonchev–Trinajstić information content (AvgIpc) is 2.91. The Hall–Kier alpha value is -2.08. The Morgan fingerprint density at radius 2 is 1.76 bits per heavy atom. The van der Waals surface area contributed by atoms with E-state index in [4.69, 9.17) is 0 Å². The Morgan fingerprint density at radius 1 is 0.960 bits per heavy atom. The van der Waals surface area contributed by atoms with Gasteiger partial charge in [0.05, 0.1) is 0 Å². The van der Waals surface area contributed by atoms with E-state index in [1.165, 1.54) is 39.0 Å². The van der Waals surface area contributed by atoms with Gasteiger partial charge in [0.25, 0.3) is 0 Å². The summed E-state index contributed by atoms with van der Waals surface area (Å²) in [5.41, 5.74) is 10.2. The first-order valence-corrected chi connectivity index (χ1v) is 9.51. The van der Waals surface area contributed by atoms with Crippen molar-refractivity contribution in [3.05, 3.63) is 93.7 Å². The maximum absolute atomic E-state index is 2.46. The lowest BCUT2D eigenvalue weighted by atomic mass is 9.76. The molecule has 0 spiro atoms. The Bertz CT molecular complexity index is 861. The summed E-state index contributed by atoms with van der Waals surface area (Å²) >= 11 is 0. The molecule has 1 unspecified atom stereocenters. The maximum Gasteiger partial charge on any atom is 0.0290 e. The average molecular weight is 328 g/mol. The van der Waals surface area contributed by atoms with Crippen molar-refractivity contribution >= 4 is 0 Å². The minimum Gasteiger partial charge on any atom is -0.0766 e. The fourth-order valence-corrected chi connectivity index (χ4v) is 4.21. The highest BCUT2D eigenvalue weighted by molar-refractivity contribution is 5.67. The Balaban J connectivity index is 1.96. The predicted molar refractivity (Wildman–Crippen MR) is 108 cm³/mol. The molecule has 0 fully saturated rings. The molecule has 0 saturated carbocycles. The zero-order valence-electron chi connectivity index (χ0n) is 16.1. The summed E-state index contributed by atoms with van der Waals surface area (Å²) in [4.78, 5) is 0. The van der Waals surface area contributed by atoms with Crippen LogP contribution in [0.4, 0.5) is 0 Å². The van der Waals surface area contributed by atoms with E-state index in [9.17, 15) is 0 Å². The molecule has 0 aromatic carbocycles. The van der Waals surface area contributed by atoms with Crippen LogP contribution in [-0.2, 0) is 0 Å². The highest BCUT2D eigenvalue weighted by Gasteiger charge is 2.31. The van der Waals surface area contributed by atoms with Crippen LogP contribution in [0.15, 0.2) is 93.7 Å². The van der Waals surface area contributed by atoms with Crippen molar-refractivity contribution in [1.29, 1.82) is 0 Å². The quantitative estimate of drug-likeness (QED) is 0.497. The first-order valence-electron chi connectivity index (χ1n) is 9.51. The van der Waals surface area contributed by atoms with E-state index in [1.54, 1.807) is 0 Å². The second-order valence-electron chi connectivity index (χ2n) is 8.84. The summed E-state index contributed by atoms with van der Waals surface area (Å²) in [6, 6.07) is 0. The Labute approximate surface area is 152 Å². The minimum atomic E-state index is 0.154. The maximum atomic E-state index is 2.46. The molecule has 25 heavy (non-hydrogen) atoms. The van der Waals surface area contributed by atoms with Crippen LogP contribution in [0.25, 0.3) is 0 Å². The lowest BCUT2D eigenvalue weighted by Gasteiger charge is -2.28. The van der Waals surface area contributed by atoms with Gasteiger partial charge in [0.15, 0.2) is 0 Å². The van der Waals surface area contributed by atoms with Crippen molar-refractivity contribution < 1.29 is 0 Å². The van der Waals surface area contributed by atoms with Crippen molar-refractivity contribution in [3.63, 3.8) is 0 Å². The molecule has 0 aromatic rings. The number of rotatable bonds is 1. The van der Waals surface area contributed by atoms with E-state index in [1.807, 2.05) is 0 Å². The molecule has 0 aromatic heterocycles. The van der Waals surface area contributed by atoms with Crippen molar-refractivity contribution in [3.8, 4) is 0 Å². The Kier molecular flexibility index (Phi) is 3.76. The second kappa shape index (κ2) is 5.73. The molecule has 0 N–H and O–H groups in total. The van der Waals surface area contributed by atoms with Crippen LogP contribution in [0, 0.1) is 17.3 Å². The van der Waals surface area contributed by atoms with Crippen LogP contribution in [-0.4, -0.2) is 0 Å². The van der Waals surface area contributed by atoms with Crippen LogP contribution >= 0.6 is 0 Å². The van der Waals surface area contributed by atoms with Crippen molar-refractivity contribution in [2.75, 3.05) is 0 Å². The molecule has 1 atom stereocenters. The zero-order chi connectivity index (χ0) is 17.8. The number of hydrogen-bond acceptors (Lipinski definition) is 0. The van der Waals surface area contributed by atoms with Gasteiger partial charge in [0.2, 0.25) is 0 Å². The normalized spacial score (nSPS) is 24.7. The van der Waals surface area contributed by atoms with E-state index in [-0.39, 0.29) is 5.41 Å². The SMILES string of the molecule is CC(C)C1=CCC=C2C=CC3=CC(C(C)(C)C)=CC4=CC3C2=C1C=C4. The van der Waals surface area contributed by atoms with E-state index in [2.05, 4.69) is 89.3 Å². The fraction of sp³-hybridized carbons (Fsp3) is 0.360. The van der Waals surface area contributed by atoms with E-state index >= 15 is 0 Å². The first kappa shape index (κ1) is 16.4. The van der Waals surface area contributed by atoms with Gasteiger partial charge >= 0.3 is 0 Å². The smallest absolute Gasteiger partial charge is 0.0290 e. The third kappa shape index (κ3) is 2.78. The molecule has 0 heterocycles. The first-order chi connectivity index (χ1) is 11.8. The third-order valence-electron chi connectivity index (χ3n) is 5.65. The highest BCUT2D eigenvalue weighted by atomic mass is 14.3. The molecule has 2 bridgehead atoms. The van der Waals surface area contributed by atoms with Gasteiger partial charge < -0.3 is 0 Å². The summed E-state index contributed by atoms with van der Waals surface area (Å²) in [7, 11) is 0. The lowest BCUT2D eigenvalue weighted by molar-refractivity contribution is 0.516. The summed E-state index contributed by atoms with van der Waals surface area (Å²) in [6.45, 7) is 11.5. The van der Waals surface area contributed by atoms with Gasteiger partial charge in [0.1, 0.15) is 0 Å². The number of hydrogen-bond donors (Lipinski definition) is 0. The fourth-order valence-electron chi connectivity index (χ4n) is 4.21. The lowest BCUT2D eigenvalue weighted by Crippen LogP contribution is -2.14. The van der Waals surface area contributed by atoms with Gasteiger partial charge in [-0.05, 0) is 56.8 Å². The van der Waals surface area contributed by atoms with Gasteiger partial charge in [0, 0.05) is 5.92 Å². The molecule has 0 saturated heterocycles. The van der Waals surface area contributed by atoms with Crippen molar-refractivity contribution in [2.24, 2.45) is 17.3 Å². The van der Waals surface area contributed by atoms with Crippen molar-refractivity contribution in [2.45, 2.75) is 41.0 Å². The molecule has 4 rings (SSSR count). The van der Waals surface area contributed by atoms with Crippen LogP contribution in [0.5, 0.6) is 0 Å². The molecule has 0 aliphatic heterocycles. The van der Waals surface area contributed by atoms with Crippen LogP contribution in [0.2, 0.25) is 0 Å². The second-order valence-corrected chi connectivity index (χ2v) is 8.84. The van der Waals surface area contributed by atoms with Gasteiger partial charge in [-0.3, -0.25) is 0 Å². The monoisotopic (exact) mass is 328 g/mol. The largest absolute Gasteiger partial charge is 0.0766 e. The van der Waals surface area contributed by atoms with Gasteiger partial charge in [-0.15, -0.1) is 0 Å². The molecular weight excluding hydrogens is 300 g/mol. The molecule has 128 valence electrons. The Morgan fingerprint density at radius 3 is 2.48 bits per heavy atom. The molecule has 0 amide bonds.